The minimum Gasteiger partial charge on any atom is -0.496 e. The number of carbonyl (C=O) groups is 2. The zero-order valence-electron chi connectivity index (χ0n) is 21.5. The van der Waals surface area contributed by atoms with Crippen LogP contribution in [0.4, 0.5) is 13.2 Å². The van der Waals surface area contributed by atoms with Crippen molar-refractivity contribution in [3.63, 3.8) is 0 Å². The topological polar surface area (TPSA) is 76.1 Å². The molecule has 3 aromatic rings. The second-order valence-corrected chi connectivity index (χ2v) is 8.92. The molecule has 0 aliphatic rings. The summed E-state index contributed by atoms with van der Waals surface area (Å²) in [6, 6.07) is 15.4. The normalized spacial score (nSPS) is 11.2. The number of halogens is 3. The fourth-order valence-corrected chi connectivity index (χ4v) is 4.18. The summed E-state index contributed by atoms with van der Waals surface area (Å²) in [6.07, 6.45) is -3.74. The zero-order chi connectivity index (χ0) is 27.9. The maximum absolute atomic E-state index is 13.6. The molecule has 0 atom stereocenters. The molecule has 0 unspecified atom stereocenters. The van der Waals surface area contributed by atoms with E-state index in [-0.39, 0.29) is 25.4 Å². The van der Waals surface area contributed by atoms with Gasteiger partial charge in [-0.05, 0) is 54.7 Å². The molecule has 9 heteroatoms. The molecular weight excluding hydrogens is 499 g/mol. The Morgan fingerprint density at radius 3 is 2.05 bits per heavy atom. The number of benzene rings is 3. The third-order valence-corrected chi connectivity index (χ3v) is 6.19. The standard InChI is InChI=1S/C29H30F3NO5/c1-19-25(37-2)16-23(17-26(19)38-3)28(36)33(18-22-11-9-21(10-12-22)15-27(34)35)13-5-7-20-6-4-8-24(14-20)29(30,31)32/h4,6,8-12,14,16-17H,5,7,13,15,18H2,1-3H3,(H,34,35). The molecule has 0 bridgehead atoms. The Morgan fingerprint density at radius 1 is 0.895 bits per heavy atom. The number of carboxylic acids is 1. The number of aryl methyl sites for hydroxylation is 1. The fourth-order valence-electron chi connectivity index (χ4n) is 4.18. The van der Waals surface area contributed by atoms with Crippen LogP contribution in [0.5, 0.6) is 11.5 Å². The Hall–Kier alpha value is -4.01. The molecular formula is C29H30F3NO5. The van der Waals surface area contributed by atoms with Crippen LogP contribution in [0, 0.1) is 6.92 Å². The number of methoxy groups -OCH3 is 2. The van der Waals surface area contributed by atoms with Crippen molar-refractivity contribution in [3.05, 3.63) is 94.0 Å². The van der Waals surface area contributed by atoms with Gasteiger partial charge in [0.25, 0.3) is 5.91 Å². The summed E-state index contributed by atoms with van der Waals surface area (Å²) in [7, 11) is 3.00. The second kappa shape index (κ2) is 12.5. The van der Waals surface area contributed by atoms with Gasteiger partial charge in [-0.2, -0.15) is 13.2 Å². The number of aliphatic carboxylic acids is 1. The Morgan fingerprint density at radius 2 is 1.50 bits per heavy atom. The highest BCUT2D eigenvalue weighted by molar-refractivity contribution is 5.95. The third kappa shape index (κ3) is 7.50. The van der Waals surface area contributed by atoms with Crippen LogP contribution in [0.1, 0.15) is 44.6 Å². The van der Waals surface area contributed by atoms with E-state index in [1.165, 1.54) is 20.3 Å². The number of carbonyl (C=O) groups excluding carboxylic acids is 1. The van der Waals surface area contributed by atoms with E-state index in [2.05, 4.69) is 0 Å². The first-order valence-electron chi connectivity index (χ1n) is 12.0. The summed E-state index contributed by atoms with van der Waals surface area (Å²) in [6.45, 7) is 2.33. The van der Waals surface area contributed by atoms with Crippen molar-refractivity contribution in [3.8, 4) is 11.5 Å². The summed E-state index contributed by atoms with van der Waals surface area (Å²) in [5, 5.41) is 9.00. The fraction of sp³-hybridized carbons (Fsp3) is 0.310. The number of alkyl halides is 3. The van der Waals surface area contributed by atoms with Gasteiger partial charge in [-0.15, -0.1) is 0 Å². The van der Waals surface area contributed by atoms with E-state index in [0.717, 1.165) is 23.3 Å². The molecule has 0 spiro atoms. The largest absolute Gasteiger partial charge is 0.496 e. The molecule has 0 aromatic heterocycles. The number of nitrogens with zero attached hydrogens (tertiary/aromatic N) is 1. The first kappa shape index (κ1) is 28.6. The second-order valence-electron chi connectivity index (χ2n) is 8.92. The van der Waals surface area contributed by atoms with Crippen LogP contribution in [0.25, 0.3) is 0 Å². The molecule has 0 heterocycles. The van der Waals surface area contributed by atoms with Gasteiger partial charge in [-0.1, -0.05) is 42.5 Å². The average molecular weight is 530 g/mol. The smallest absolute Gasteiger partial charge is 0.416 e. The van der Waals surface area contributed by atoms with Crippen LogP contribution in [0.2, 0.25) is 0 Å². The van der Waals surface area contributed by atoms with Crippen molar-refractivity contribution >= 4 is 11.9 Å². The number of amides is 1. The molecule has 0 fully saturated rings. The Kier molecular flexibility index (Phi) is 9.39. The van der Waals surface area contributed by atoms with Gasteiger partial charge in [-0.25, -0.2) is 0 Å². The lowest BCUT2D eigenvalue weighted by atomic mass is 10.0. The molecule has 0 saturated heterocycles. The van der Waals surface area contributed by atoms with Crippen molar-refractivity contribution in [2.45, 2.75) is 38.9 Å². The molecule has 0 aliphatic carbocycles. The van der Waals surface area contributed by atoms with Crippen molar-refractivity contribution in [1.29, 1.82) is 0 Å². The van der Waals surface area contributed by atoms with Crippen LogP contribution < -0.4 is 9.47 Å². The predicted octanol–water partition coefficient (Wildman–Crippen LogP) is 5.93. The van der Waals surface area contributed by atoms with Gasteiger partial charge in [0.2, 0.25) is 0 Å². The summed E-state index contributed by atoms with van der Waals surface area (Å²) in [5.41, 5.74) is 2.35. The lowest BCUT2D eigenvalue weighted by Gasteiger charge is -2.24. The van der Waals surface area contributed by atoms with Crippen molar-refractivity contribution in [1.82, 2.24) is 4.90 Å². The van der Waals surface area contributed by atoms with E-state index in [9.17, 15) is 22.8 Å². The van der Waals surface area contributed by atoms with E-state index in [1.54, 1.807) is 47.4 Å². The highest BCUT2D eigenvalue weighted by Crippen LogP contribution is 2.31. The molecule has 1 N–H and O–H groups in total. The molecule has 3 rings (SSSR count). The van der Waals surface area contributed by atoms with Crippen molar-refractivity contribution in [2.24, 2.45) is 0 Å². The maximum atomic E-state index is 13.6. The van der Waals surface area contributed by atoms with E-state index in [0.29, 0.717) is 41.0 Å². The Labute approximate surface area is 219 Å². The van der Waals surface area contributed by atoms with Gasteiger partial charge in [0.15, 0.2) is 0 Å². The summed E-state index contributed by atoms with van der Waals surface area (Å²) >= 11 is 0. The van der Waals surface area contributed by atoms with Gasteiger partial charge in [0, 0.05) is 24.2 Å². The SMILES string of the molecule is COc1cc(C(=O)N(CCCc2cccc(C(F)(F)F)c2)Cc2ccc(CC(=O)O)cc2)cc(OC)c1C. The summed E-state index contributed by atoms with van der Waals surface area (Å²) in [5.74, 6) is -0.240. The van der Waals surface area contributed by atoms with Crippen LogP contribution in [-0.2, 0) is 30.4 Å². The molecule has 0 aliphatic heterocycles. The minimum atomic E-state index is -4.42. The quantitative estimate of drug-likeness (QED) is 0.333. The molecule has 6 nitrogen and oxygen atoms in total. The zero-order valence-corrected chi connectivity index (χ0v) is 21.5. The molecule has 202 valence electrons. The number of rotatable bonds is 11. The van der Waals surface area contributed by atoms with E-state index >= 15 is 0 Å². The number of carboxylic acid groups (broad SMARTS) is 1. The lowest BCUT2D eigenvalue weighted by molar-refractivity contribution is -0.138. The average Bonchev–Trinajstić information content (AvgIpc) is 2.88. The molecule has 38 heavy (non-hydrogen) atoms. The van der Waals surface area contributed by atoms with E-state index < -0.39 is 17.7 Å². The Bertz CT molecular complexity index is 1250. The van der Waals surface area contributed by atoms with E-state index in [4.69, 9.17) is 14.6 Å². The van der Waals surface area contributed by atoms with Crippen molar-refractivity contribution in [2.75, 3.05) is 20.8 Å². The highest BCUT2D eigenvalue weighted by atomic mass is 19.4. The van der Waals surface area contributed by atoms with E-state index in [1.807, 2.05) is 6.92 Å². The molecule has 3 aromatic carbocycles. The summed E-state index contributed by atoms with van der Waals surface area (Å²) < 4.78 is 50.1. The Balaban J connectivity index is 1.84. The molecule has 1 amide bonds. The number of hydrogen-bond acceptors (Lipinski definition) is 4. The third-order valence-electron chi connectivity index (χ3n) is 6.19. The van der Waals surface area contributed by atoms with Crippen LogP contribution >= 0.6 is 0 Å². The molecule has 0 saturated carbocycles. The summed E-state index contributed by atoms with van der Waals surface area (Å²) in [4.78, 5) is 26.2. The van der Waals surface area contributed by atoms with Gasteiger partial charge in [0.1, 0.15) is 11.5 Å². The monoisotopic (exact) mass is 529 g/mol. The maximum Gasteiger partial charge on any atom is 0.416 e. The molecule has 0 radical (unpaired) electrons. The first-order valence-corrected chi connectivity index (χ1v) is 12.0. The first-order chi connectivity index (χ1) is 18.0. The van der Waals surface area contributed by atoms with Crippen LogP contribution in [0.3, 0.4) is 0 Å². The minimum absolute atomic E-state index is 0.108. The van der Waals surface area contributed by atoms with Gasteiger partial charge in [0.05, 0.1) is 26.2 Å². The van der Waals surface area contributed by atoms with Gasteiger partial charge >= 0.3 is 12.1 Å². The van der Waals surface area contributed by atoms with Crippen molar-refractivity contribution < 1.29 is 37.3 Å². The number of hydrogen-bond donors (Lipinski definition) is 1. The van der Waals surface area contributed by atoms with Gasteiger partial charge < -0.3 is 19.5 Å². The lowest BCUT2D eigenvalue weighted by Crippen LogP contribution is -2.32. The van der Waals surface area contributed by atoms with Crippen LogP contribution in [0.15, 0.2) is 60.7 Å². The van der Waals surface area contributed by atoms with Crippen LogP contribution in [-0.4, -0.2) is 42.6 Å². The highest BCUT2D eigenvalue weighted by Gasteiger charge is 2.30. The van der Waals surface area contributed by atoms with Gasteiger partial charge in [-0.3, -0.25) is 9.59 Å². The number of ether oxygens (including phenoxy) is 2. The predicted molar refractivity (Wildman–Crippen MR) is 137 cm³/mol.